The predicted molar refractivity (Wildman–Crippen MR) is 52.1 cm³/mol. The maximum Gasteiger partial charge on any atom is 0.0404 e. The highest BCUT2D eigenvalue weighted by Gasteiger charge is 1.83. The highest BCUT2D eigenvalue weighted by Crippen LogP contribution is 2.02. The lowest BCUT2D eigenvalue weighted by atomic mass is 10.2. The van der Waals surface area contributed by atoms with E-state index in [4.69, 9.17) is 11.6 Å². The standard InChI is InChI=1S/C8H14BrCl/c9-7-5-3-1-2-4-6-8-10/h4,6H,1-3,5,7-8H2. The van der Waals surface area contributed by atoms with Gasteiger partial charge in [0.1, 0.15) is 0 Å². The fourth-order valence-electron chi connectivity index (χ4n) is 0.714. The fourth-order valence-corrected chi connectivity index (χ4v) is 1.24. The first-order chi connectivity index (χ1) is 4.91. The van der Waals surface area contributed by atoms with Crippen molar-refractivity contribution >= 4 is 27.5 Å². The molecule has 0 saturated heterocycles. The molecule has 0 aromatic heterocycles. The number of alkyl halides is 2. The average molecular weight is 226 g/mol. The van der Waals surface area contributed by atoms with Crippen molar-refractivity contribution in [1.82, 2.24) is 0 Å². The molecule has 0 amide bonds. The molecule has 10 heavy (non-hydrogen) atoms. The Morgan fingerprint density at radius 1 is 1.10 bits per heavy atom. The van der Waals surface area contributed by atoms with E-state index in [2.05, 4.69) is 22.0 Å². The molecular weight excluding hydrogens is 211 g/mol. The van der Waals surface area contributed by atoms with Gasteiger partial charge in [0, 0.05) is 11.2 Å². The van der Waals surface area contributed by atoms with Crippen LogP contribution in [0.25, 0.3) is 0 Å². The molecule has 0 aliphatic carbocycles. The summed E-state index contributed by atoms with van der Waals surface area (Å²) in [7, 11) is 0. The molecule has 0 aromatic rings. The molecule has 0 saturated carbocycles. The van der Waals surface area contributed by atoms with Crippen LogP contribution in [-0.4, -0.2) is 11.2 Å². The average Bonchev–Trinajstić information content (AvgIpc) is 1.97. The second-order valence-corrected chi connectivity index (χ2v) is 3.27. The maximum absolute atomic E-state index is 5.45. The zero-order valence-corrected chi connectivity index (χ0v) is 8.50. The Morgan fingerprint density at radius 2 is 1.90 bits per heavy atom. The van der Waals surface area contributed by atoms with Crippen LogP contribution in [0.2, 0.25) is 0 Å². The van der Waals surface area contributed by atoms with E-state index in [0.717, 1.165) is 5.33 Å². The van der Waals surface area contributed by atoms with E-state index in [1.54, 1.807) is 0 Å². The van der Waals surface area contributed by atoms with Gasteiger partial charge in [-0.05, 0) is 19.3 Å². The topological polar surface area (TPSA) is 0 Å². The van der Waals surface area contributed by atoms with Crippen LogP contribution < -0.4 is 0 Å². The fraction of sp³-hybridized carbons (Fsp3) is 0.750. The van der Waals surface area contributed by atoms with Gasteiger partial charge < -0.3 is 0 Å². The van der Waals surface area contributed by atoms with Gasteiger partial charge in [0.2, 0.25) is 0 Å². The van der Waals surface area contributed by atoms with Gasteiger partial charge in [0.05, 0.1) is 0 Å². The molecule has 0 nitrogen and oxygen atoms in total. The van der Waals surface area contributed by atoms with Crippen molar-refractivity contribution in [3.8, 4) is 0 Å². The summed E-state index contributed by atoms with van der Waals surface area (Å²) >= 11 is 8.84. The SMILES string of the molecule is ClCC=CCCCCCBr. The molecule has 0 radical (unpaired) electrons. The molecule has 0 atom stereocenters. The maximum atomic E-state index is 5.45. The first-order valence-corrected chi connectivity index (χ1v) is 5.34. The van der Waals surface area contributed by atoms with Crippen molar-refractivity contribution < 1.29 is 0 Å². The lowest BCUT2D eigenvalue weighted by Gasteiger charge is -1.92. The molecule has 0 fully saturated rings. The Labute approximate surface area is 76.8 Å². The summed E-state index contributed by atoms with van der Waals surface area (Å²) in [6.45, 7) is 0. The Balaban J connectivity index is 2.83. The largest absolute Gasteiger partial charge is 0.122 e. The quantitative estimate of drug-likeness (QED) is 0.367. The van der Waals surface area contributed by atoms with Crippen molar-refractivity contribution in [3.63, 3.8) is 0 Å². The van der Waals surface area contributed by atoms with Gasteiger partial charge in [-0.3, -0.25) is 0 Å². The number of allylic oxidation sites excluding steroid dienone is 2. The number of halogens is 2. The van der Waals surface area contributed by atoms with Crippen LogP contribution in [0.1, 0.15) is 25.7 Å². The Morgan fingerprint density at radius 3 is 2.50 bits per heavy atom. The van der Waals surface area contributed by atoms with Crippen LogP contribution in [0.15, 0.2) is 12.2 Å². The summed E-state index contributed by atoms with van der Waals surface area (Å²) in [5.41, 5.74) is 0. The Bertz CT molecular complexity index is 81.3. The molecule has 0 aromatic carbocycles. The van der Waals surface area contributed by atoms with Crippen molar-refractivity contribution in [2.75, 3.05) is 11.2 Å². The van der Waals surface area contributed by atoms with E-state index < -0.39 is 0 Å². The molecule has 0 rings (SSSR count). The first-order valence-electron chi connectivity index (χ1n) is 3.68. The van der Waals surface area contributed by atoms with Gasteiger partial charge in [-0.15, -0.1) is 11.6 Å². The predicted octanol–water partition coefficient (Wildman–Crippen LogP) is 3.74. The van der Waals surface area contributed by atoms with Crippen LogP contribution in [0.4, 0.5) is 0 Å². The number of hydrogen-bond acceptors (Lipinski definition) is 0. The minimum atomic E-state index is 0.651. The van der Waals surface area contributed by atoms with Crippen LogP contribution in [-0.2, 0) is 0 Å². The lowest BCUT2D eigenvalue weighted by Crippen LogP contribution is -1.75. The third kappa shape index (κ3) is 8.51. The molecule has 0 spiro atoms. The van der Waals surface area contributed by atoms with Gasteiger partial charge in [0.15, 0.2) is 0 Å². The van der Waals surface area contributed by atoms with Crippen LogP contribution >= 0.6 is 27.5 Å². The van der Waals surface area contributed by atoms with E-state index in [-0.39, 0.29) is 0 Å². The Kier molecular flexibility index (Phi) is 10.00. The molecule has 60 valence electrons. The van der Waals surface area contributed by atoms with Gasteiger partial charge in [-0.25, -0.2) is 0 Å². The smallest absolute Gasteiger partial charge is 0.0404 e. The highest BCUT2D eigenvalue weighted by atomic mass is 79.9. The normalized spacial score (nSPS) is 11.0. The minimum Gasteiger partial charge on any atom is -0.122 e. The highest BCUT2D eigenvalue weighted by molar-refractivity contribution is 9.09. The molecule has 2 heteroatoms. The minimum absolute atomic E-state index is 0.651. The van der Waals surface area contributed by atoms with E-state index in [9.17, 15) is 0 Å². The zero-order chi connectivity index (χ0) is 7.66. The molecular formula is C8H14BrCl. The van der Waals surface area contributed by atoms with E-state index >= 15 is 0 Å². The van der Waals surface area contributed by atoms with Crippen molar-refractivity contribution in [2.24, 2.45) is 0 Å². The molecule has 0 unspecified atom stereocenters. The first kappa shape index (κ1) is 10.5. The second-order valence-electron chi connectivity index (χ2n) is 2.16. The summed E-state index contributed by atoms with van der Waals surface area (Å²) in [5.74, 6) is 0.651. The van der Waals surface area contributed by atoms with Crippen LogP contribution in [0.3, 0.4) is 0 Å². The van der Waals surface area contributed by atoms with Crippen molar-refractivity contribution in [1.29, 1.82) is 0 Å². The number of hydrogen-bond donors (Lipinski definition) is 0. The van der Waals surface area contributed by atoms with Gasteiger partial charge in [0.25, 0.3) is 0 Å². The number of rotatable bonds is 6. The summed E-state index contributed by atoms with van der Waals surface area (Å²) in [4.78, 5) is 0. The monoisotopic (exact) mass is 224 g/mol. The molecule has 0 bridgehead atoms. The molecule has 0 heterocycles. The number of unbranched alkanes of at least 4 members (excludes halogenated alkanes) is 3. The van der Waals surface area contributed by atoms with Gasteiger partial charge >= 0.3 is 0 Å². The lowest BCUT2D eigenvalue weighted by molar-refractivity contribution is 0.736. The molecule has 0 N–H and O–H groups in total. The second kappa shape index (κ2) is 9.51. The van der Waals surface area contributed by atoms with Gasteiger partial charge in [-0.1, -0.05) is 34.5 Å². The summed E-state index contributed by atoms with van der Waals surface area (Å²) in [6.07, 6.45) is 9.24. The Hall–Kier alpha value is 0.510. The van der Waals surface area contributed by atoms with Crippen molar-refractivity contribution in [2.45, 2.75) is 25.7 Å². The molecule has 0 aliphatic rings. The van der Waals surface area contributed by atoms with Crippen LogP contribution in [0, 0.1) is 0 Å². The third-order valence-electron chi connectivity index (χ3n) is 1.26. The zero-order valence-electron chi connectivity index (χ0n) is 6.15. The van der Waals surface area contributed by atoms with Gasteiger partial charge in [-0.2, -0.15) is 0 Å². The summed E-state index contributed by atoms with van der Waals surface area (Å²) < 4.78 is 0. The third-order valence-corrected chi connectivity index (χ3v) is 2.00. The summed E-state index contributed by atoms with van der Waals surface area (Å²) in [5, 5.41) is 1.13. The molecule has 0 aliphatic heterocycles. The van der Waals surface area contributed by atoms with E-state index in [1.165, 1.54) is 25.7 Å². The van der Waals surface area contributed by atoms with E-state index in [0.29, 0.717) is 5.88 Å². The van der Waals surface area contributed by atoms with Crippen LogP contribution in [0.5, 0.6) is 0 Å². The van der Waals surface area contributed by atoms with Crippen molar-refractivity contribution in [3.05, 3.63) is 12.2 Å². The van der Waals surface area contributed by atoms with E-state index in [1.807, 2.05) is 6.08 Å². The summed E-state index contributed by atoms with van der Waals surface area (Å²) in [6, 6.07) is 0.